The second-order valence-corrected chi connectivity index (χ2v) is 12.3. The number of rotatable bonds is 13. The molecule has 3 aromatic carbocycles. The zero-order chi connectivity index (χ0) is 30.1. The van der Waals surface area contributed by atoms with Crippen LogP contribution in [-0.4, -0.2) is 41.4 Å². The normalized spacial score (nSPS) is 14.3. The Bertz CT molecular complexity index is 1360. The Labute approximate surface area is 270 Å². The Kier molecular flexibility index (Phi) is 13.8. The predicted octanol–water partition coefficient (Wildman–Crippen LogP) is 3.13. The van der Waals surface area contributed by atoms with E-state index in [1.54, 1.807) is 6.07 Å². The molecule has 1 N–H and O–H groups in total. The molecule has 1 aliphatic carbocycles. The first-order valence-corrected chi connectivity index (χ1v) is 16.0. The Morgan fingerprint density at radius 3 is 2.28 bits per heavy atom. The molecule has 1 fully saturated rings. The van der Waals surface area contributed by atoms with Gasteiger partial charge in [-0.15, -0.1) is 0 Å². The van der Waals surface area contributed by atoms with Crippen LogP contribution in [-0.2, 0) is 17.9 Å². The molecule has 0 aromatic heterocycles. The zero-order valence-corrected chi connectivity index (χ0v) is 26.2. The Hall–Kier alpha value is -2.63. The first-order chi connectivity index (χ1) is 20.2. The van der Waals surface area contributed by atoms with E-state index in [-0.39, 0.29) is 25.3 Å². The number of carboxylic acids is 1. The maximum Gasteiger partial charge on any atom is 1.00 e. The third-order valence-corrected chi connectivity index (χ3v) is 8.58. The number of carboxylic acid groups (broad SMARTS) is 1. The van der Waals surface area contributed by atoms with Crippen molar-refractivity contribution in [1.82, 2.24) is 10.2 Å². The summed E-state index contributed by atoms with van der Waals surface area (Å²) in [6.45, 7) is 3.71. The van der Waals surface area contributed by atoms with Gasteiger partial charge < -0.3 is 15.2 Å². The van der Waals surface area contributed by atoms with Gasteiger partial charge in [0, 0.05) is 31.3 Å². The molecule has 5 nitrogen and oxygen atoms in total. The number of carbonyl (C=O) groups excluding carboxylic acids is 2. The molecule has 1 amide bonds. The van der Waals surface area contributed by atoms with Crippen molar-refractivity contribution in [3.63, 3.8) is 0 Å². The average molecular weight is 601 g/mol. The van der Waals surface area contributed by atoms with Gasteiger partial charge in [-0.05, 0) is 96.2 Å². The molecule has 0 bridgehead atoms. The molecule has 1 saturated carbocycles. The van der Waals surface area contributed by atoms with Crippen LogP contribution >= 0.6 is 11.8 Å². The number of benzene rings is 3. The van der Waals surface area contributed by atoms with E-state index in [4.69, 9.17) is 0 Å². The number of nitrogens with one attached hydrogen (secondary N) is 1. The van der Waals surface area contributed by atoms with E-state index in [2.05, 4.69) is 10.2 Å². The van der Waals surface area contributed by atoms with E-state index in [9.17, 15) is 23.5 Å². The van der Waals surface area contributed by atoms with Gasteiger partial charge in [0.25, 0.3) is 5.91 Å². The zero-order valence-electron chi connectivity index (χ0n) is 25.3. The van der Waals surface area contributed by atoms with Crippen LogP contribution in [0.15, 0.2) is 60.7 Å². The van der Waals surface area contributed by atoms with Gasteiger partial charge in [0.2, 0.25) is 0 Å². The molecule has 0 radical (unpaired) electrons. The Morgan fingerprint density at radius 1 is 0.953 bits per heavy atom. The molecular weight excluding hydrogens is 561 g/mol. The SMILES string of the molecule is CSCCC(NC(=O)c1ccc(CN(Cc2cc(F)cc(F)c2)CC2CCCCC2)cc1-c1ccccc1C)C(=O)[O-].[Li+]. The number of hydrogen-bond acceptors (Lipinski definition) is 5. The van der Waals surface area contributed by atoms with Crippen LogP contribution in [0.1, 0.15) is 65.6 Å². The molecule has 3 aromatic rings. The van der Waals surface area contributed by atoms with Crippen molar-refractivity contribution in [1.29, 1.82) is 0 Å². The van der Waals surface area contributed by atoms with Crippen LogP contribution in [0.25, 0.3) is 11.1 Å². The summed E-state index contributed by atoms with van der Waals surface area (Å²) in [7, 11) is 0. The number of aliphatic carboxylic acids is 1. The molecule has 0 saturated heterocycles. The van der Waals surface area contributed by atoms with Crippen LogP contribution < -0.4 is 29.3 Å². The molecule has 0 heterocycles. The number of hydrogen-bond donors (Lipinski definition) is 1. The molecule has 1 unspecified atom stereocenters. The van der Waals surface area contributed by atoms with E-state index >= 15 is 0 Å². The fourth-order valence-electron chi connectivity index (χ4n) is 5.84. The number of nitrogens with zero attached hydrogens (tertiary/aromatic N) is 1. The third-order valence-electron chi connectivity index (χ3n) is 7.94. The Balaban J connectivity index is 0.00000506. The Morgan fingerprint density at radius 2 is 1.63 bits per heavy atom. The largest absolute Gasteiger partial charge is 1.00 e. The van der Waals surface area contributed by atoms with Gasteiger partial charge in [0.15, 0.2) is 0 Å². The van der Waals surface area contributed by atoms with Crippen molar-refractivity contribution >= 4 is 23.6 Å². The second-order valence-electron chi connectivity index (χ2n) is 11.3. The molecular formula is C34H39F2LiN2O3S. The van der Waals surface area contributed by atoms with Gasteiger partial charge in [-0.2, -0.15) is 11.8 Å². The topological polar surface area (TPSA) is 72.5 Å². The number of halogens is 2. The minimum atomic E-state index is -1.31. The first-order valence-electron chi connectivity index (χ1n) is 14.6. The fourth-order valence-corrected chi connectivity index (χ4v) is 6.32. The van der Waals surface area contributed by atoms with Gasteiger partial charge in [-0.1, -0.05) is 49.6 Å². The summed E-state index contributed by atoms with van der Waals surface area (Å²) < 4.78 is 28.1. The van der Waals surface area contributed by atoms with E-state index in [1.165, 1.54) is 43.2 Å². The van der Waals surface area contributed by atoms with Crippen molar-refractivity contribution in [2.45, 2.75) is 64.6 Å². The van der Waals surface area contributed by atoms with Crippen LogP contribution in [0.5, 0.6) is 0 Å². The van der Waals surface area contributed by atoms with Crippen LogP contribution in [0.3, 0.4) is 0 Å². The van der Waals surface area contributed by atoms with Crippen LogP contribution in [0.2, 0.25) is 0 Å². The first kappa shape index (κ1) is 34.9. The van der Waals surface area contributed by atoms with Gasteiger partial charge in [-0.3, -0.25) is 9.69 Å². The number of amides is 1. The summed E-state index contributed by atoms with van der Waals surface area (Å²) in [5, 5.41) is 14.4. The summed E-state index contributed by atoms with van der Waals surface area (Å²) in [6.07, 6.45) is 8.05. The van der Waals surface area contributed by atoms with Crippen LogP contribution in [0.4, 0.5) is 8.78 Å². The second kappa shape index (κ2) is 17.0. The number of carbonyl (C=O) groups is 2. The summed E-state index contributed by atoms with van der Waals surface area (Å²) >= 11 is 1.51. The summed E-state index contributed by atoms with van der Waals surface area (Å²) in [4.78, 5) is 27.4. The standard InChI is InChI=1S/C34H40F2N2O3S.Li/c1-23-8-6-7-11-29(23)31-18-25(12-13-30(31)33(39)37-32(34(40)41)14-15-42-2)21-38(20-24-9-4-3-5-10-24)22-26-16-27(35)19-28(36)17-26;/h6-8,11-13,16-19,24,32H,3-5,9-10,14-15,20-22H2,1-2H3,(H,37,39)(H,40,41);/q;+1/p-1. The molecule has 224 valence electrons. The van der Waals surface area contributed by atoms with Crippen molar-refractivity contribution in [2.24, 2.45) is 5.92 Å². The van der Waals surface area contributed by atoms with Crippen molar-refractivity contribution in [2.75, 3.05) is 18.6 Å². The van der Waals surface area contributed by atoms with E-state index < -0.39 is 29.6 Å². The maximum absolute atomic E-state index is 14.0. The summed E-state index contributed by atoms with van der Waals surface area (Å²) in [6, 6.07) is 15.9. The molecule has 1 aliphatic rings. The quantitative estimate of drug-likeness (QED) is 0.306. The van der Waals surface area contributed by atoms with Gasteiger partial charge >= 0.3 is 18.9 Å². The minimum Gasteiger partial charge on any atom is -0.548 e. The van der Waals surface area contributed by atoms with Crippen molar-refractivity contribution < 1.29 is 42.3 Å². The predicted molar refractivity (Wildman–Crippen MR) is 163 cm³/mol. The molecule has 1 atom stereocenters. The summed E-state index contributed by atoms with van der Waals surface area (Å²) in [5.74, 6) is -1.86. The molecule has 0 spiro atoms. The third kappa shape index (κ3) is 10.2. The monoisotopic (exact) mass is 600 g/mol. The smallest absolute Gasteiger partial charge is 0.548 e. The maximum atomic E-state index is 14.0. The number of aryl methyl sites for hydroxylation is 1. The van der Waals surface area contributed by atoms with Crippen LogP contribution in [0, 0.1) is 24.5 Å². The summed E-state index contributed by atoms with van der Waals surface area (Å²) in [5.41, 5.74) is 4.49. The molecule has 0 aliphatic heterocycles. The average Bonchev–Trinajstić information content (AvgIpc) is 2.95. The van der Waals surface area contributed by atoms with Crippen molar-refractivity contribution in [3.05, 3.63) is 94.6 Å². The molecule has 4 rings (SSSR count). The van der Waals surface area contributed by atoms with Gasteiger partial charge in [0.1, 0.15) is 11.6 Å². The fraction of sp³-hybridized carbons (Fsp3) is 0.412. The van der Waals surface area contributed by atoms with Crippen molar-refractivity contribution in [3.8, 4) is 11.1 Å². The molecule has 43 heavy (non-hydrogen) atoms. The number of thioether (sulfide) groups is 1. The van der Waals surface area contributed by atoms with E-state index in [1.807, 2.05) is 49.6 Å². The molecule has 9 heteroatoms. The van der Waals surface area contributed by atoms with Gasteiger partial charge in [-0.25, -0.2) is 8.78 Å². The minimum absolute atomic E-state index is 0. The van der Waals surface area contributed by atoms with E-state index in [0.29, 0.717) is 41.5 Å². The van der Waals surface area contributed by atoms with E-state index in [0.717, 1.165) is 42.1 Å². The van der Waals surface area contributed by atoms with Gasteiger partial charge in [0.05, 0.1) is 12.0 Å².